The summed E-state index contributed by atoms with van der Waals surface area (Å²) in [6, 6.07) is 3.63. The van der Waals surface area contributed by atoms with Gasteiger partial charge in [0.25, 0.3) is 0 Å². The minimum Gasteiger partial charge on any atom is -0.441 e. The second kappa shape index (κ2) is 10.9. The van der Waals surface area contributed by atoms with Crippen LogP contribution in [0.25, 0.3) is 11.3 Å². The summed E-state index contributed by atoms with van der Waals surface area (Å²) < 4.78 is 29.3. The number of unbranched alkanes of at least 4 members (excludes halogenated alkanes) is 2. The van der Waals surface area contributed by atoms with E-state index in [0.29, 0.717) is 35.3 Å². The third-order valence-corrected chi connectivity index (χ3v) is 6.11. The Bertz CT molecular complexity index is 1470. The lowest BCUT2D eigenvalue weighted by Crippen LogP contribution is -2.34. The SMILES string of the molecule is CCCCCNC(=O)O[C@@H]1CO[C@H](c2cc(Nc3ncc(-n4cnc(C)c4)c4nc(C#N)cn34)n[nH]2)[C@@H]1F. The first kappa shape index (κ1) is 25.2. The number of aromatic amines is 1. The molecule has 4 aromatic rings. The van der Waals surface area contributed by atoms with Gasteiger partial charge in [-0.15, -0.1) is 0 Å². The van der Waals surface area contributed by atoms with Gasteiger partial charge in [-0.05, 0) is 13.3 Å². The summed E-state index contributed by atoms with van der Waals surface area (Å²) in [5, 5.41) is 22.1. The maximum atomic E-state index is 15.1. The molecule has 1 aliphatic heterocycles. The number of aromatic nitrogens is 7. The fourth-order valence-corrected chi connectivity index (χ4v) is 4.19. The number of ether oxygens (including phenoxy) is 2. The van der Waals surface area contributed by atoms with E-state index >= 15 is 4.39 Å². The van der Waals surface area contributed by atoms with E-state index in [1.807, 2.05) is 19.2 Å². The smallest absolute Gasteiger partial charge is 0.407 e. The molecule has 1 fully saturated rings. The van der Waals surface area contributed by atoms with E-state index in [0.717, 1.165) is 25.0 Å². The van der Waals surface area contributed by atoms with Crippen molar-refractivity contribution < 1.29 is 18.7 Å². The van der Waals surface area contributed by atoms with Gasteiger partial charge in [0.1, 0.15) is 17.9 Å². The van der Waals surface area contributed by atoms with Crippen molar-refractivity contribution in [3.05, 3.63) is 48.1 Å². The molecule has 1 saturated heterocycles. The van der Waals surface area contributed by atoms with Gasteiger partial charge < -0.3 is 24.7 Å². The Kier molecular flexibility index (Phi) is 7.18. The number of nitrogens with zero attached hydrogens (tertiary/aromatic N) is 7. The van der Waals surface area contributed by atoms with Crippen molar-refractivity contribution >= 4 is 23.5 Å². The van der Waals surface area contributed by atoms with Gasteiger partial charge in [-0.1, -0.05) is 19.8 Å². The van der Waals surface area contributed by atoms with Crippen LogP contribution in [-0.4, -0.2) is 65.6 Å². The normalized spacial score (nSPS) is 18.9. The number of nitriles is 1. The molecule has 0 spiro atoms. The molecule has 14 heteroatoms. The van der Waals surface area contributed by atoms with Gasteiger partial charge in [0.05, 0.1) is 36.7 Å². The highest BCUT2D eigenvalue weighted by Gasteiger charge is 2.42. The van der Waals surface area contributed by atoms with Gasteiger partial charge in [-0.25, -0.2) is 24.1 Å². The van der Waals surface area contributed by atoms with Gasteiger partial charge in [-0.3, -0.25) is 9.50 Å². The second-order valence-electron chi connectivity index (χ2n) is 8.93. The van der Waals surface area contributed by atoms with Gasteiger partial charge >= 0.3 is 6.09 Å². The molecule has 5 heterocycles. The highest BCUT2D eigenvalue weighted by molar-refractivity contribution is 5.67. The monoisotopic (exact) mass is 522 g/mol. The molecule has 0 aliphatic carbocycles. The zero-order valence-corrected chi connectivity index (χ0v) is 20.9. The van der Waals surface area contributed by atoms with Crippen molar-refractivity contribution in [3.63, 3.8) is 0 Å². The summed E-state index contributed by atoms with van der Waals surface area (Å²) in [5.41, 5.74) is 2.53. The van der Waals surface area contributed by atoms with E-state index in [9.17, 15) is 10.1 Å². The molecule has 0 radical (unpaired) electrons. The first-order chi connectivity index (χ1) is 18.5. The van der Waals surface area contributed by atoms with E-state index < -0.39 is 24.5 Å². The highest BCUT2D eigenvalue weighted by atomic mass is 19.1. The number of H-pyrrole nitrogens is 1. The molecule has 0 aromatic carbocycles. The predicted molar refractivity (Wildman–Crippen MR) is 133 cm³/mol. The molecule has 0 saturated carbocycles. The highest BCUT2D eigenvalue weighted by Crippen LogP contribution is 2.33. The summed E-state index contributed by atoms with van der Waals surface area (Å²) in [6.07, 6.45) is 5.25. The fourth-order valence-electron chi connectivity index (χ4n) is 4.19. The molecule has 4 aromatic heterocycles. The lowest BCUT2D eigenvalue weighted by Gasteiger charge is -2.15. The number of amides is 1. The van der Waals surface area contributed by atoms with Crippen LogP contribution >= 0.6 is 0 Å². The van der Waals surface area contributed by atoms with Crippen LogP contribution in [0.15, 0.2) is 31.0 Å². The molecule has 0 bridgehead atoms. The Balaban J connectivity index is 1.28. The maximum Gasteiger partial charge on any atom is 0.407 e. The number of aryl methyl sites for hydroxylation is 1. The minimum atomic E-state index is -1.57. The summed E-state index contributed by atoms with van der Waals surface area (Å²) in [7, 11) is 0. The number of carbonyl (C=O) groups excluding carboxylic acids is 1. The molecule has 5 rings (SSSR count). The van der Waals surface area contributed by atoms with E-state index in [1.54, 1.807) is 33.8 Å². The van der Waals surface area contributed by atoms with Crippen molar-refractivity contribution in [3.8, 4) is 11.8 Å². The number of halogens is 1. The van der Waals surface area contributed by atoms with Gasteiger partial charge in [-0.2, -0.15) is 10.4 Å². The number of carbonyl (C=O) groups is 1. The number of anilines is 2. The number of rotatable bonds is 9. The van der Waals surface area contributed by atoms with E-state index in [-0.39, 0.29) is 12.3 Å². The number of alkyl carbamates (subject to hydrolysis) is 1. The van der Waals surface area contributed by atoms with Crippen LogP contribution in [0, 0.1) is 18.3 Å². The quantitative estimate of drug-likeness (QED) is 0.280. The van der Waals surface area contributed by atoms with E-state index in [4.69, 9.17) is 9.47 Å². The molecular formula is C24H27FN10O3. The molecule has 38 heavy (non-hydrogen) atoms. The molecule has 1 amide bonds. The molecular weight excluding hydrogens is 495 g/mol. The number of hydrogen-bond acceptors (Lipinski definition) is 9. The first-order valence-electron chi connectivity index (χ1n) is 12.3. The van der Waals surface area contributed by atoms with Crippen molar-refractivity contribution in [2.45, 2.75) is 51.5 Å². The van der Waals surface area contributed by atoms with Crippen LogP contribution in [-0.2, 0) is 9.47 Å². The summed E-state index contributed by atoms with van der Waals surface area (Å²) in [5.74, 6) is 0.693. The summed E-state index contributed by atoms with van der Waals surface area (Å²) in [4.78, 5) is 25.1. The summed E-state index contributed by atoms with van der Waals surface area (Å²) >= 11 is 0. The van der Waals surface area contributed by atoms with Crippen molar-refractivity contribution in [1.82, 2.24) is 39.4 Å². The molecule has 3 N–H and O–H groups in total. The van der Waals surface area contributed by atoms with Crippen LogP contribution < -0.4 is 10.6 Å². The summed E-state index contributed by atoms with van der Waals surface area (Å²) in [6.45, 7) is 4.34. The van der Waals surface area contributed by atoms with Crippen molar-refractivity contribution in [2.24, 2.45) is 0 Å². The molecule has 13 nitrogen and oxygen atoms in total. The number of imidazole rings is 2. The third-order valence-electron chi connectivity index (χ3n) is 6.11. The number of hydrogen-bond donors (Lipinski definition) is 3. The Morgan fingerprint density at radius 2 is 2.24 bits per heavy atom. The number of nitrogens with one attached hydrogen (secondary N) is 3. The van der Waals surface area contributed by atoms with Gasteiger partial charge in [0, 0.05) is 18.8 Å². The Morgan fingerprint density at radius 3 is 3.00 bits per heavy atom. The van der Waals surface area contributed by atoms with Gasteiger partial charge in [0.2, 0.25) is 5.95 Å². The molecule has 3 atom stereocenters. The van der Waals surface area contributed by atoms with Crippen LogP contribution in [0.5, 0.6) is 0 Å². The maximum absolute atomic E-state index is 15.1. The van der Waals surface area contributed by atoms with E-state index in [1.165, 1.54) is 0 Å². The van der Waals surface area contributed by atoms with Crippen molar-refractivity contribution in [2.75, 3.05) is 18.5 Å². The lowest BCUT2D eigenvalue weighted by atomic mass is 10.1. The topological polar surface area (TPSA) is 160 Å². The molecule has 1 aliphatic rings. The second-order valence-corrected chi connectivity index (χ2v) is 8.93. The average Bonchev–Trinajstić information content (AvgIpc) is 3.70. The third kappa shape index (κ3) is 5.14. The zero-order chi connectivity index (χ0) is 26.6. The average molecular weight is 523 g/mol. The lowest BCUT2D eigenvalue weighted by molar-refractivity contribution is 0.0628. The standard InChI is InChI=1S/C24H27FN10O3/c1-3-4-5-6-27-24(36)38-18-12-37-21(20(18)25)16-7-19(33-32-16)31-23-28-9-17(34-10-14(2)29-13-34)22-30-15(8-26)11-35(22)23/h7,9-11,13,18,20-21H,3-6,12H2,1-2H3,(H,27,36)(H2,28,31,32,33)/t18-,20-,21-/m1/s1. The van der Waals surface area contributed by atoms with Crippen LogP contribution in [0.3, 0.4) is 0 Å². The van der Waals surface area contributed by atoms with Crippen LogP contribution in [0.1, 0.15) is 49.4 Å². The first-order valence-corrected chi connectivity index (χ1v) is 12.3. The number of fused-ring (bicyclic) bond motifs is 1. The van der Waals surface area contributed by atoms with Crippen molar-refractivity contribution in [1.29, 1.82) is 5.26 Å². The zero-order valence-electron chi connectivity index (χ0n) is 20.9. The molecule has 198 valence electrons. The van der Waals surface area contributed by atoms with Crippen LogP contribution in [0.4, 0.5) is 21.0 Å². The number of alkyl halides is 1. The molecule has 0 unspecified atom stereocenters. The Labute approximate surface area is 217 Å². The fraction of sp³-hybridized carbons (Fsp3) is 0.417. The van der Waals surface area contributed by atoms with Crippen LogP contribution in [0.2, 0.25) is 0 Å². The Morgan fingerprint density at radius 1 is 1.37 bits per heavy atom. The largest absolute Gasteiger partial charge is 0.441 e. The van der Waals surface area contributed by atoms with Gasteiger partial charge in [0.15, 0.2) is 29.4 Å². The Hall–Kier alpha value is -4.51. The predicted octanol–water partition coefficient (Wildman–Crippen LogP) is 3.26. The van der Waals surface area contributed by atoms with E-state index in [2.05, 4.69) is 42.7 Å². The minimum absolute atomic E-state index is 0.0701.